The van der Waals surface area contributed by atoms with Gasteiger partial charge in [-0.2, -0.15) is 17.5 Å². The maximum atomic E-state index is 12.6. The van der Waals surface area contributed by atoms with Crippen molar-refractivity contribution in [1.82, 2.24) is 9.62 Å². The highest BCUT2D eigenvalue weighted by Gasteiger charge is 2.45. The van der Waals surface area contributed by atoms with Crippen LogP contribution >= 0.6 is 11.3 Å². The van der Waals surface area contributed by atoms with Crippen molar-refractivity contribution >= 4 is 21.4 Å². The number of hydrogen-bond acceptors (Lipinski definition) is 4. The number of thiophene rings is 1. The maximum absolute atomic E-state index is 12.6. The fourth-order valence-corrected chi connectivity index (χ4v) is 5.00. The summed E-state index contributed by atoms with van der Waals surface area (Å²) in [5.41, 5.74) is 0. The molecule has 2 rings (SSSR count). The smallest absolute Gasteiger partial charge is 0.315 e. The Morgan fingerprint density at radius 3 is 2.55 bits per heavy atom. The van der Waals surface area contributed by atoms with Gasteiger partial charge in [0.25, 0.3) is 10.0 Å². The molecule has 4 nitrogen and oxygen atoms in total. The number of nitrogens with one attached hydrogen (secondary N) is 1. The molecule has 0 amide bonds. The van der Waals surface area contributed by atoms with Crippen molar-refractivity contribution in [3.63, 3.8) is 0 Å². The van der Waals surface area contributed by atoms with Crippen molar-refractivity contribution in [1.29, 1.82) is 0 Å². The molecule has 1 aliphatic rings. The van der Waals surface area contributed by atoms with Crippen LogP contribution in [-0.4, -0.2) is 38.5 Å². The van der Waals surface area contributed by atoms with Crippen LogP contribution in [0.2, 0.25) is 0 Å². The van der Waals surface area contributed by atoms with E-state index in [2.05, 4.69) is 5.32 Å². The number of hydrogen-bond donors (Lipinski definition) is 1. The van der Waals surface area contributed by atoms with Gasteiger partial charge in [0.1, 0.15) is 10.8 Å². The van der Waals surface area contributed by atoms with E-state index in [4.69, 9.17) is 0 Å². The van der Waals surface area contributed by atoms with Crippen LogP contribution in [0.25, 0.3) is 0 Å². The predicted octanol–water partition coefficient (Wildman–Crippen LogP) is 2.18. The molecule has 20 heavy (non-hydrogen) atoms. The first kappa shape index (κ1) is 15.7. The lowest BCUT2D eigenvalue weighted by molar-refractivity contribution is -0.136. The zero-order chi connectivity index (χ0) is 15.0. The normalized spacial score (nSPS) is 16.9. The van der Waals surface area contributed by atoms with E-state index in [9.17, 15) is 21.6 Å². The van der Waals surface area contributed by atoms with Gasteiger partial charge in [-0.3, -0.25) is 0 Å². The van der Waals surface area contributed by atoms with Crippen LogP contribution in [0.1, 0.15) is 17.7 Å². The largest absolute Gasteiger partial charge is 0.402 e. The quantitative estimate of drug-likeness (QED) is 0.871. The summed E-state index contributed by atoms with van der Waals surface area (Å²) >= 11 is 1.00. The number of rotatable bonds is 6. The van der Waals surface area contributed by atoms with Crippen LogP contribution in [0.15, 0.2) is 16.3 Å². The Balaban J connectivity index is 2.25. The van der Waals surface area contributed by atoms with Gasteiger partial charge < -0.3 is 5.32 Å². The van der Waals surface area contributed by atoms with Gasteiger partial charge in [0, 0.05) is 17.5 Å². The zero-order valence-electron chi connectivity index (χ0n) is 10.8. The molecule has 114 valence electrons. The van der Waals surface area contributed by atoms with E-state index in [1.54, 1.807) is 13.1 Å². The minimum Gasteiger partial charge on any atom is -0.315 e. The van der Waals surface area contributed by atoms with Crippen molar-refractivity contribution in [3.8, 4) is 0 Å². The molecule has 1 aromatic rings. The Bertz CT molecular complexity index is 564. The van der Waals surface area contributed by atoms with E-state index in [0.29, 0.717) is 23.7 Å². The summed E-state index contributed by atoms with van der Waals surface area (Å²) < 4.78 is 62.9. The van der Waals surface area contributed by atoms with Gasteiger partial charge in [0.15, 0.2) is 0 Å². The summed E-state index contributed by atoms with van der Waals surface area (Å²) in [6.45, 7) is -0.928. The number of halogens is 3. The van der Waals surface area contributed by atoms with E-state index >= 15 is 0 Å². The van der Waals surface area contributed by atoms with Crippen molar-refractivity contribution in [2.45, 2.75) is 35.8 Å². The van der Waals surface area contributed by atoms with E-state index in [0.717, 1.165) is 16.2 Å². The second kappa shape index (κ2) is 5.63. The number of sulfonamides is 1. The van der Waals surface area contributed by atoms with Gasteiger partial charge in [-0.25, -0.2) is 8.42 Å². The van der Waals surface area contributed by atoms with Crippen LogP contribution in [0.5, 0.6) is 0 Å². The third kappa shape index (κ3) is 3.72. The first-order valence-corrected chi connectivity index (χ1v) is 8.31. The molecule has 0 aliphatic heterocycles. The van der Waals surface area contributed by atoms with Gasteiger partial charge in [0.05, 0.1) is 0 Å². The number of nitrogens with zero attached hydrogens (tertiary/aromatic N) is 1. The zero-order valence-corrected chi connectivity index (χ0v) is 12.4. The fourth-order valence-electron chi connectivity index (χ4n) is 1.83. The highest BCUT2D eigenvalue weighted by atomic mass is 32.2. The minimum absolute atomic E-state index is 0.0288. The monoisotopic (exact) mass is 328 g/mol. The molecule has 0 atom stereocenters. The predicted molar refractivity (Wildman–Crippen MR) is 70.1 cm³/mol. The molecule has 9 heteroatoms. The first-order chi connectivity index (χ1) is 9.24. The van der Waals surface area contributed by atoms with E-state index < -0.39 is 28.8 Å². The molecule has 0 aromatic carbocycles. The highest BCUT2D eigenvalue weighted by molar-refractivity contribution is 7.91. The molecule has 0 saturated heterocycles. The van der Waals surface area contributed by atoms with Crippen molar-refractivity contribution in [2.24, 2.45) is 0 Å². The number of alkyl halides is 3. The standard InChI is InChI=1S/C11H15F3N2O2S2/c1-15-6-9-4-5-10(19-9)20(17,18)16(8-2-3-8)7-11(12,13)14/h4-5,8,15H,2-3,6-7H2,1H3. The topological polar surface area (TPSA) is 49.4 Å². The molecule has 1 fully saturated rings. The Hall–Kier alpha value is -0.640. The average Bonchev–Trinajstić information content (AvgIpc) is 3.04. The summed E-state index contributed by atoms with van der Waals surface area (Å²) in [5, 5.41) is 2.87. The van der Waals surface area contributed by atoms with E-state index in [1.165, 1.54) is 6.07 Å². The van der Waals surface area contributed by atoms with Crippen molar-refractivity contribution < 1.29 is 21.6 Å². The summed E-state index contributed by atoms with van der Waals surface area (Å²) in [7, 11) is -2.35. The SMILES string of the molecule is CNCc1ccc(S(=O)(=O)N(CC(F)(F)F)C2CC2)s1. The molecule has 0 radical (unpaired) electrons. The van der Waals surface area contributed by atoms with Crippen LogP contribution in [0, 0.1) is 0 Å². The lowest BCUT2D eigenvalue weighted by Gasteiger charge is -2.22. The molecular weight excluding hydrogens is 313 g/mol. The Kier molecular flexibility index (Phi) is 4.43. The van der Waals surface area contributed by atoms with Crippen molar-refractivity contribution in [3.05, 3.63) is 17.0 Å². The lowest BCUT2D eigenvalue weighted by atomic mass is 10.5. The third-order valence-corrected chi connectivity index (χ3v) is 6.29. The molecule has 1 heterocycles. The van der Waals surface area contributed by atoms with Gasteiger partial charge in [-0.05, 0) is 32.0 Å². The molecular formula is C11H15F3N2O2S2. The van der Waals surface area contributed by atoms with Crippen LogP contribution < -0.4 is 5.32 Å². The minimum atomic E-state index is -4.53. The second-order valence-corrected chi connectivity index (χ2v) is 7.93. The van der Waals surface area contributed by atoms with E-state index in [1.807, 2.05) is 0 Å². The molecule has 1 N–H and O–H groups in total. The van der Waals surface area contributed by atoms with Crippen LogP contribution in [-0.2, 0) is 16.6 Å². The molecule has 1 aliphatic carbocycles. The second-order valence-electron chi connectivity index (χ2n) is 4.65. The van der Waals surface area contributed by atoms with Crippen LogP contribution in [0.4, 0.5) is 13.2 Å². The van der Waals surface area contributed by atoms with Gasteiger partial charge in [-0.1, -0.05) is 0 Å². The van der Waals surface area contributed by atoms with Gasteiger partial charge >= 0.3 is 6.18 Å². The average molecular weight is 328 g/mol. The summed E-state index contributed by atoms with van der Waals surface area (Å²) in [5.74, 6) is 0. The van der Waals surface area contributed by atoms with Crippen molar-refractivity contribution in [2.75, 3.05) is 13.6 Å². The maximum Gasteiger partial charge on any atom is 0.402 e. The molecule has 0 bridgehead atoms. The molecule has 0 unspecified atom stereocenters. The summed E-state index contributed by atoms with van der Waals surface area (Å²) in [4.78, 5) is 0.772. The third-order valence-electron chi connectivity index (χ3n) is 2.84. The first-order valence-electron chi connectivity index (χ1n) is 6.06. The lowest BCUT2D eigenvalue weighted by Crippen LogP contribution is -2.40. The molecule has 1 saturated carbocycles. The molecule has 1 aromatic heterocycles. The van der Waals surface area contributed by atoms with E-state index in [-0.39, 0.29) is 4.21 Å². The summed E-state index contributed by atoms with van der Waals surface area (Å²) in [6, 6.07) is 2.47. The van der Waals surface area contributed by atoms with Gasteiger partial charge in [0.2, 0.25) is 0 Å². The summed E-state index contributed by atoms with van der Waals surface area (Å²) in [6.07, 6.45) is -3.55. The van der Waals surface area contributed by atoms with Crippen LogP contribution in [0.3, 0.4) is 0 Å². The highest BCUT2D eigenvalue weighted by Crippen LogP contribution is 2.36. The van der Waals surface area contributed by atoms with Gasteiger partial charge in [-0.15, -0.1) is 11.3 Å². The Morgan fingerprint density at radius 1 is 1.40 bits per heavy atom. The molecule has 0 spiro atoms. The Labute approximate surface area is 119 Å². The fraction of sp³-hybridized carbons (Fsp3) is 0.636. The Morgan fingerprint density at radius 2 is 2.05 bits per heavy atom.